The first-order valence-corrected chi connectivity index (χ1v) is 7.84. The van der Waals surface area contributed by atoms with Crippen LogP contribution < -0.4 is 16.4 Å². The first-order valence-electron chi connectivity index (χ1n) is 7.46. The van der Waals surface area contributed by atoms with Gasteiger partial charge in [0.2, 0.25) is 5.89 Å². The maximum Gasteiger partial charge on any atom is 0.434 e. The second-order valence-electron chi connectivity index (χ2n) is 5.63. The van der Waals surface area contributed by atoms with Gasteiger partial charge >= 0.3 is 5.76 Å². The fourth-order valence-electron chi connectivity index (χ4n) is 2.83. The number of H-pyrrole nitrogens is 1. The van der Waals surface area contributed by atoms with E-state index in [1.807, 2.05) is 6.07 Å². The molecular formula is C15H19ClN4O2. The van der Waals surface area contributed by atoms with Gasteiger partial charge < -0.3 is 15.1 Å². The average Bonchev–Trinajstić information content (AvgIpc) is 2.97. The first-order chi connectivity index (χ1) is 10.6. The molecule has 0 amide bonds. The van der Waals surface area contributed by atoms with E-state index >= 15 is 0 Å². The zero-order valence-electron chi connectivity index (χ0n) is 12.4. The number of rotatable bonds is 4. The lowest BCUT2D eigenvalue weighted by Gasteiger charge is -2.29. The van der Waals surface area contributed by atoms with Gasteiger partial charge in [-0.1, -0.05) is 11.6 Å². The monoisotopic (exact) mass is 322 g/mol. The van der Waals surface area contributed by atoms with Crippen molar-refractivity contribution in [3.8, 4) is 11.5 Å². The van der Waals surface area contributed by atoms with Gasteiger partial charge in [0.05, 0.1) is 10.7 Å². The molecule has 6 nitrogen and oxygen atoms in total. The third-order valence-corrected chi connectivity index (χ3v) is 4.46. The quantitative estimate of drug-likeness (QED) is 0.805. The molecule has 3 rings (SSSR count). The van der Waals surface area contributed by atoms with Gasteiger partial charge in [-0.3, -0.25) is 0 Å². The average molecular weight is 323 g/mol. The van der Waals surface area contributed by atoms with E-state index in [0.717, 1.165) is 31.6 Å². The predicted molar refractivity (Wildman–Crippen MR) is 86.2 cm³/mol. The Hall–Kier alpha value is -1.79. The van der Waals surface area contributed by atoms with E-state index in [1.165, 1.54) is 0 Å². The van der Waals surface area contributed by atoms with E-state index in [-0.39, 0.29) is 5.89 Å². The molecule has 118 valence electrons. The maximum absolute atomic E-state index is 11.1. The fourth-order valence-corrected chi connectivity index (χ4v) is 3.00. The number of benzene rings is 1. The van der Waals surface area contributed by atoms with Gasteiger partial charge in [0.25, 0.3) is 0 Å². The van der Waals surface area contributed by atoms with Crippen molar-refractivity contribution in [2.75, 3.05) is 18.4 Å². The van der Waals surface area contributed by atoms with Crippen LogP contribution in [0.5, 0.6) is 0 Å². The highest BCUT2D eigenvalue weighted by atomic mass is 35.5. The summed E-state index contributed by atoms with van der Waals surface area (Å²) >= 11 is 6.28. The Kier molecular flexibility index (Phi) is 4.49. The van der Waals surface area contributed by atoms with Crippen molar-refractivity contribution >= 4 is 17.3 Å². The molecule has 1 unspecified atom stereocenters. The summed E-state index contributed by atoms with van der Waals surface area (Å²) in [6.45, 7) is 4.29. The Balaban J connectivity index is 1.79. The molecule has 0 saturated carbocycles. The Morgan fingerprint density at radius 2 is 2.18 bits per heavy atom. The maximum atomic E-state index is 11.1. The van der Waals surface area contributed by atoms with Crippen LogP contribution in [0.1, 0.15) is 19.8 Å². The Bertz CT molecular complexity index is 691. The van der Waals surface area contributed by atoms with Gasteiger partial charge in [-0.15, -0.1) is 5.10 Å². The number of nitrogens with one attached hydrogen (secondary N) is 3. The van der Waals surface area contributed by atoms with Gasteiger partial charge in [0, 0.05) is 11.6 Å². The summed E-state index contributed by atoms with van der Waals surface area (Å²) in [6.07, 6.45) is 2.30. The lowest BCUT2D eigenvalue weighted by Crippen LogP contribution is -2.36. The zero-order valence-corrected chi connectivity index (χ0v) is 13.1. The van der Waals surface area contributed by atoms with Crippen LogP contribution in [0.25, 0.3) is 11.5 Å². The third-order valence-electron chi connectivity index (χ3n) is 4.13. The summed E-state index contributed by atoms with van der Waals surface area (Å²) in [7, 11) is 0. The Morgan fingerprint density at radius 1 is 1.41 bits per heavy atom. The molecule has 2 aromatic rings. The highest BCUT2D eigenvalue weighted by Gasteiger charge is 2.20. The largest absolute Gasteiger partial charge is 0.434 e. The van der Waals surface area contributed by atoms with Crippen molar-refractivity contribution < 1.29 is 4.42 Å². The van der Waals surface area contributed by atoms with Gasteiger partial charge in [-0.05, 0) is 57.0 Å². The minimum absolute atomic E-state index is 0.263. The number of aromatic amines is 1. The lowest BCUT2D eigenvalue weighted by atomic mass is 9.91. The highest BCUT2D eigenvalue weighted by molar-refractivity contribution is 6.33. The second kappa shape index (κ2) is 6.54. The molecule has 1 aliphatic heterocycles. The number of hydrogen-bond donors (Lipinski definition) is 3. The van der Waals surface area contributed by atoms with Crippen molar-refractivity contribution in [1.29, 1.82) is 0 Å². The molecular weight excluding hydrogens is 304 g/mol. The van der Waals surface area contributed by atoms with E-state index in [0.29, 0.717) is 22.5 Å². The van der Waals surface area contributed by atoms with Gasteiger partial charge in [0.1, 0.15) is 0 Å². The van der Waals surface area contributed by atoms with Crippen LogP contribution >= 0.6 is 11.6 Å². The van der Waals surface area contributed by atoms with Gasteiger partial charge in [0.15, 0.2) is 0 Å². The van der Waals surface area contributed by atoms with Crippen molar-refractivity contribution in [3.05, 3.63) is 33.8 Å². The van der Waals surface area contributed by atoms with Crippen LogP contribution in [0.15, 0.2) is 27.4 Å². The Morgan fingerprint density at radius 3 is 2.86 bits per heavy atom. The standard InChI is InChI=1S/C15H19ClN4O2/c1-9(10-4-6-17-7-5-10)18-13-8-11(2-3-12(13)16)14-19-20-15(21)22-14/h2-3,8-10,17-18H,4-7H2,1H3,(H,20,21). The van der Waals surface area contributed by atoms with E-state index in [4.69, 9.17) is 16.0 Å². The van der Waals surface area contributed by atoms with Crippen LogP contribution in [-0.4, -0.2) is 29.3 Å². The molecule has 1 aromatic carbocycles. The molecule has 22 heavy (non-hydrogen) atoms. The SMILES string of the molecule is CC(Nc1cc(-c2n[nH]c(=O)o2)ccc1Cl)C1CCNCC1. The van der Waals surface area contributed by atoms with E-state index in [2.05, 4.69) is 27.8 Å². The minimum Gasteiger partial charge on any atom is -0.388 e. The number of piperidine rings is 1. The molecule has 0 aliphatic carbocycles. The van der Waals surface area contributed by atoms with Crippen LogP contribution in [0.4, 0.5) is 5.69 Å². The summed E-state index contributed by atoms with van der Waals surface area (Å²) < 4.78 is 4.98. The lowest BCUT2D eigenvalue weighted by molar-refractivity contribution is 0.343. The minimum atomic E-state index is -0.567. The van der Waals surface area contributed by atoms with Crippen LogP contribution in [0.2, 0.25) is 5.02 Å². The van der Waals surface area contributed by atoms with Crippen molar-refractivity contribution in [2.45, 2.75) is 25.8 Å². The summed E-state index contributed by atoms with van der Waals surface area (Å²) in [6, 6.07) is 5.74. The molecule has 7 heteroatoms. The number of anilines is 1. The molecule has 0 radical (unpaired) electrons. The summed E-state index contributed by atoms with van der Waals surface area (Å²) in [4.78, 5) is 11.1. The van der Waals surface area contributed by atoms with E-state index in [9.17, 15) is 4.79 Å². The molecule has 1 fully saturated rings. The Labute approximate surface area is 133 Å². The second-order valence-corrected chi connectivity index (χ2v) is 6.04. The molecule has 2 heterocycles. The van der Waals surface area contributed by atoms with Crippen LogP contribution in [0.3, 0.4) is 0 Å². The summed E-state index contributed by atoms with van der Waals surface area (Å²) in [5.74, 6) is 0.311. The topological polar surface area (TPSA) is 83.0 Å². The zero-order chi connectivity index (χ0) is 15.5. The number of aromatic nitrogens is 2. The molecule has 0 bridgehead atoms. The van der Waals surface area contributed by atoms with E-state index < -0.39 is 5.76 Å². The molecule has 1 aliphatic rings. The first kappa shape index (κ1) is 15.1. The predicted octanol–water partition coefficient (Wildman–Crippen LogP) is 2.48. The third kappa shape index (κ3) is 3.34. The fraction of sp³-hybridized carbons (Fsp3) is 0.467. The number of halogens is 1. The van der Waals surface area contributed by atoms with Crippen molar-refractivity contribution in [1.82, 2.24) is 15.5 Å². The van der Waals surface area contributed by atoms with Crippen LogP contribution in [0, 0.1) is 5.92 Å². The number of nitrogens with zero attached hydrogens (tertiary/aromatic N) is 1. The van der Waals surface area contributed by atoms with Crippen LogP contribution in [-0.2, 0) is 0 Å². The smallest absolute Gasteiger partial charge is 0.388 e. The van der Waals surface area contributed by atoms with Gasteiger partial charge in [-0.2, -0.15) is 0 Å². The summed E-state index contributed by atoms with van der Waals surface area (Å²) in [5, 5.41) is 13.6. The normalized spacial score (nSPS) is 17.4. The summed E-state index contributed by atoms with van der Waals surface area (Å²) in [5.41, 5.74) is 1.54. The van der Waals surface area contributed by atoms with Gasteiger partial charge in [-0.25, -0.2) is 9.89 Å². The van der Waals surface area contributed by atoms with E-state index in [1.54, 1.807) is 12.1 Å². The molecule has 3 N–H and O–H groups in total. The molecule has 1 aromatic heterocycles. The number of hydrogen-bond acceptors (Lipinski definition) is 5. The van der Waals surface area contributed by atoms with Crippen molar-refractivity contribution in [3.63, 3.8) is 0 Å². The van der Waals surface area contributed by atoms with Crippen molar-refractivity contribution in [2.24, 2.45) is 5.92 Å². The molecule has 0 spiro atoms. The highest BCUT2D eigenvalue weighted by Crippen LogP contribution is 2.29. The molecule has 1 atom stereocenters. The molecule has 1 saturated heterocycles.